The van der Waals surface area contributed by atoms with Crippen LogP contribution < -0.4 is 5.32 Å². The summed E-state index contributed by atoms with van der Waals surface area (Å²) in [5, 5.41) is 3.58. The van der Waals surface area contributed by atoms with E-state index in [0.29, 0.717) is 13.1 Å². The fourth-order valence-electron chi connectivity index (χ4n) is 3.66. The Labute approximate surface area is 168 Å². The molecule has 2 aromatic rings. The molecule has 0 radical (unpaired) electrons. The number of carbonyl (C=O) groups excluding carboxylic acids is 1. The van der Waals surface area contributed by atoms with Crippen molar-refractivity contribution in [3.8, 4) is 0 Å². The summed E-state index contributed by atoms with van der Waals surface area (Å²) in [6, 6.07) is 12.5. The van der Waals surface area contributed by atoms with Crippen molar-refractivity contribution in [3.05, 3.63) is 65.0 Å². The van der Waals surface area contributed by atoms with E-state index in [4.69, 9.17) is 4.74 Å². The van der Waals surface area contributed by atoms with E-state index in [0.717, 1.165) is 12.1 Å². The summed E-state index contributed by atoms with van der Waals surface area (Å²) in [6.45, 7) is 11.2. The van der Waals surface area contributed by atoms with Crippen molar-refractivity contribution in [2.45, 2.75) is 65.3 Å². The topological polar surface area (TPSA) is 54.5 Å². The van der Waals surface area contributed by atoms with Gasteiger partial charge in [-0.25, -0.2) is 4.79 Å². The number of pyridine rings is 1. The van der Waals surface area contributed by atoms with E-state index < -0.39 is 5.60 Å². The maximum absolute atomic E-state index is 12.9. The van der Waals surface area contributed by atoms with E-state index in [1.54, 1.807) is 0 Å². The maximum Gasteiger partial charge on any atom is 0.410 e. The van der Waals surface area contributed by atoms with Gasteiger partial charge in [0, 0.05) is 25.3 Å². The standard InChI is InChI=1S/C23H31N3O2/c1-16-9-8-12-24-21(16)17(2)25-14-20-13-18-10-6-7-11-19(18)15-26(20)22(27)28-23(3,4)5/h6-12,17,20,25H,13-15H2,1-5H3/t17?,20-/m1/s1. The molecule has 2 heterocycles. The van der Waals surface area contributed by atoms with Crippen LogP contribution in [0.2, 0.25) is 0 Å². The van der Waals surface area contributed by atoms with Crippen LogP contribution in [0.15, 0.2) is 42.6 Å². The third-order valence-corrected chi connectivity index (χ3v) is 5.10. The number of amides is 1. The summed E-state index contributed by atoms with van der Waals surface area (Å²) < 4.78 is 5.68. The molecule has 1 amide bonds. The van der Waals surface area contributed by atoms with Crippen molar-refractivity contribution in [2.24, 2.45) is 0 Å². The Morgan fingerprint density at radius 1 is 1.25 bits per heavy atom. The highest BCUT2D eigenvalue weighted by molar-refractivity contribution is 5.69. The van der Waals surface area contributed by atoms with Crippen LogP contribution in [0.25, 0.3) is 0 Å². The third-order valence-electron chi connectivity index (χ3n) is 5.10. The largest absolute Gasteiger partial charge is 0.444 e. The lowest BCUT2D eigenvalue weighted by molar-refractivity contribution is 0.0117. The van der Waals surface area contributed by atoms with Crippen molar-refractivity contribution < 1.29 is 9.53 Å². The first kappa shape index (κ1) is 20.3. The van der Waals surface area contributed by atoms with E-state index in [9.17, 15) is 4.79 Å². The number of carbonyl (C=O) groups is 1. The highest BCUT2D eigenvalue weighted by Gasteiger charge is 2.32. The second-order valence-electron chi connectivity index (χ2n) is 8.57. The van der Waals surface area contributed by atoms with Gasteiger partial charge >= 0.3 is 6.09 Å². The van der Waals surface area contributed by atoms with Gasteiger partial charge in [0.1, 0.15) is 5.60 Å². The van der Waals surface area contributed by atoms with Crippen LogP contribution in [0.3, 0.4) is 0 Å². The molecule has 0 fully saturated rings. The van der Waals surface area contributed by atoms with Gasteiger partial charge in [-0.3, -0.25) is 9.88 Å². The minimum atomic E-state index is -0.510. The lowest BCUT2D eigenvalue weighted by Crippen LogP contribution is -2.50. The Hall–Kier alpha value is -2.40. The minimum Gasteiger partial charge on any atom is -0.444 e. The molecule has 1 unspecified atom stereocenters. The number of ether oxygens (including phenoxy) is 1. The van der Waals surface area contributed by atoms with Gasteiger partial charge in [-0.2, -0.15) is 0 Å². The number of aromatic nitrogens is 1. The van der Waals surface area contributed by atoms with Crippen LogP contribution in [0.1, 0.15) is 56.1 Å². The normalized spacial score (nSPS) is 17.8. The Balaban J connectivity index is 1.75. The molecule has 2 atom stereocenters. The maximum atomic E-state index is 12.9. The van der Waals surface area contributed by atoms with E-state index in [1.165, 1.54) is 16.7 Å². The summed E-state index contributed by atoms with van der Waals surface area (Å²) in [7, 11) is 0. The van der Waals surface area contributed by atoms with Crippen LogP contribution in [0.4, 0.5) is 4.79 Å². The Kier molecular flexibility index (Phi) is 6.04. The van der Waals surface area contributed by atoms with Gasteiger partial charge in [-0.05, 0) is 63.8 Å². The molecule has 150 valence electrons. The molecular weight excluding hydrogens is 350 g/mol. The molecule has 1 aliphatic rings. The molecular formula is C23H31N3O2. The molecule has 0 saturated heterocycles. The van der Waals surface area contributed by atoms with E-state index in [1.807, 2.05) is 44.0 Å². The molecule has 0 aliphatic carbocycles. The van der Waals surface area contributed by atoms with Gasteiger partial charge in [-0.1, -0.05) is 30.3 Å². The molecule has 1 N–H and O–H groups in total. The monoisotopic (exact) mass is 381 g/mol. The molecule has 0 bridgehead atoms. The van der Waals surface area contributed by atoms with Gasteiger partial charge < -0.3 is 10.1 Å². The highest BCUT2D eigenvalue weighted by atomic mass is 16.6. The second kappa shape index (κ2) is 8.31. The number of nitrogens with one attached hydrogen (secondary N) is 1. The number of fused-ring (bicyclic) bond motifs is 1. The quantitative estimate of drug-likeness (QED) is 0.853. The first-order valence-corrected chi connectivity index (χ1v) is 9.96. The Bertz CT molecular complexity index is 829. The number of nitrogens with zero attached hydrogens (tertiary/aromatic N) is 2. The van der Waals surface area contributed by atoms with Gasteiger partial charge in [0.2, 0.25) is 0 Å². The van der Waals surface area contributed by atoms with Crippen molar-refractivity contribution >= 4 is 6.09 Å². The fourth-order valence-corrected chi connectivity index (χ4v) is 3.66. The fraction of sp³-hybridized carbons (Fsp3) is 0.478. The summed E-state index contributed by atoms with van der Waals surface area (Å²) in [5.74, 6) is 0. The molecule has 3 rings (SSSR count). The van der Waals surface area contributed by atoms with Gasteiger partial charge in [0.25, 0.3) is 0 Å². The summed E-state index contributed by atoms with van der Waals surface area (Å²) in [4.78, 5) is 19.2. The van der Waals surface area contributed by atoms with E-state index in [-0.39, 0.29) is 18.2 Å². The summed E-state index contributed by atoms with van der Waals surface area (Å²) >= 11 is 0. The zero-order chi connectivity index (χ0) is 20.3. The second-order valence-corrected chi connectivity index (χ2v) is 8.57. The molecule has 5 heteroatoms. The molecule has 1 aromatic heterocycles. The average Bonchev–Trinajstić information content (AvgIpc) is 2.64. The van der Waals surface area contributed by atoms with Gasteiger partial charge in [0.15, 0.2) is 0 Å². The zero-order valence-corrected chi connectivity index (χ0v) is 17.5. The van der Waals surface area contributed by atoms with E-state index >= 15 is 0 Å². The summed E-state index contributed by atoms with van der Waals surface area (Å²) in [5.41, 5.74) is 4.20. The predicted octanol–water partition coefficient (Wildman–Crippen LogP) is 4.40. The number of benzene rings is 1. The summed E-state index contributed by atoms with van der Waals surface area (Å²) in [6.07, 6.45) is 2.39. The van der Waals surface area contributed by atoms with Crippen LogP contribution in [-0.2, 0) is 17.7 Å². The lowest BCUT2D eigenvalue weighted by atomic mass is 9.94. The number of rotatable bonds is 4. The zero-order valence-electron chi connectivity index (χ0n) is 17.5. The number of hydrogen-bond acceptors (Lipinski definition) is 4. The molecule has 0 saturated carbocycles. The Morgan fingerprint density at radius 2 is 1.96 bits per heavy atom. The van der Waals surface area contributed by atoms with Crippen molar-refractivity contribution in [3.63, 3.8) is 0 Å². The molecule has 0 spiro atoms. The molecule has 1 aromatic carbocycles. The first-order valence-electron chi connectivity index (χ1n) is 9.96. The van der Waals surface area contributed by atoms with Gasteiger partial charge in [0.05, 0.1) is 11.7 Å². The minimum absolute atomic E-state index is 0.0382. The Morgan fingerprint density at radius 3 is 2.64 bits per heavy atom. The highest BCUT2D eigenvalue weighted by Crippen LogP contribution is 2.25. The predicted molar refractivity (Wildman–Crippen MR) is 111 cm³/mol. The van der Waals surface area contributed by atoms with Crippen molar-refractivity contribution in [1.82, 2.24) is 15.2 Å². The first-order chi connectivity index (χ1) is 13.2. The van der Waals surface area contributed by atoms with Gasteiger partial charge in [-0.15, -0.1) is 0 Å². The molecule has 5 nitrogen and oxygen atoms in total. The number of aryl methyl sites for hydroxylation is 1. The van der Waals surface area contributed by atoms with Crippen LogP contribution >= 0.6 is 0 Å². The number of hydrogen-bond donors (Lipinski definition) is 1. The third kappa shape index (κ3) is 4.90. The van der Waals surface area contributed by atoms with Crippen molar-refractivity contribution in [1.29, 1.82) is 0 Å². The lowest BCUT2D eigenvalue weighted by Gasteiger charge is -2.38. The van der Waals surface area contributed by atoms with Crippen LogP contribution in [0.5, 0.6) is 0 Å². The molecule has 28 heavy (non-hydrogen) atoms. The van der Waals surface area contributed by atoms with E-state index in [2.05, 4.69) is 48.4 Å². The van der Waals surface area contributed by atoms with Crippen molar-refractivity contribution in [2.75, 3.05) is 6.54 Å². The van der Waals surface area contributed by atoms with Crippen LogP contribution in [-0.4, -0.2) is 34.2 Å². The SMILES string of the molecule is Cc1cccnc1C(C)NC[C@H]1Cc2ccccc2CN1C(=O)OC(C)(C)C. The van der Waals surface area contributed by atoms with Crippen LogP contribution in [0, 0.1) is 6.92 Å². The average molecular weight is 382 g/mol. The molecule has 1 aliphatic heterocycles. The smallest absolute Gasteiger partial charge is 0.410 e.